The molecule has 1 unspecified atom stereocenters. The lowest BCUT2D eigenvalue weighted by Crippen LogP contribution is -2.22. The molecule has 29 heavy (non-hydrogen) atoms. The number of thioether (sulfide) groups is 1. The first-order chi connectivity index (χ1) is 13.8. The molecule has 5 nitrogen and oxygen atoms in total. The van der Waals surface area contributed by atoms with E-state index >= 15 is 0 Å². The summed E-state index contributed by atoms with van der Waals surface area (Å²) in [5.74, 6) is 0.411. The lowest BCUT2D eigenvalue weighted by molar-refractivity contribution is -0.116. The van der Waals surface area contributed by atoms with E-state index in [1.165, 1.54) is 18.9 Å². The Morgan fingerprint density at radius 3 is 2.48 bits per heavy atom. The molecule has 0 aromatic heterocycles. The first-order valence-electron chi connectivity index (χ1n) is 9.55. The zero-order chi connectivity index (χ0) is 21.4. The minimum Gasteiger partial charge on any atom is -0.495 e. The van der Waals surface area contributed by atoms with Gasteiger partial charge in [0.05, 0.1) is 18.0 Å². The number of benzene rings is 2. The summed E-state index contributed by atoms with van der Waals surface area (Å²) in [6.07, 6.45) is 2.40. The van der Waals surface area contributed by atoms with Crippen molar-refractivity contribution < 1.29 is 14.3 Å². The molecule has 0 heterocycles. The van der Waals surface area contributed by atoms with Gasteiger partial charge in [0, 0.05) is 28.1 Å². The number of hydrogen-bond donors (Lipinski definition) is 2. The second-order valence-electron chi connectivity index (χ2n) is 6.73. The summed E-state index contributed by atoms with van der Waals surface area (Å²) in [6, 6.07) is 11.0. The van der Waals surface area contributed by atoms with Crippen molar-refractivity contribution >= 4 is 46.6 Å². The third kappa shape index (κ3) is 6.98. The average Bonchev–Trinajstić information content (AvgIpc) is 2.70. The van der Waals surface area contributed by atoms with Crippen LogP contribution in [0.15, 0.2) is 41.3 Å². The Hall–Kier alpha value is -2.18. The minimum atomic E-state index is -0.319. The summed E-state index contributed by atoms with van der Waals surface area (Å²) in [5.41, 5.74) is 2.21. The van der Waals surface area contributed by atoms with E-state index in [9.17, 15) is 9.59 Å². The van der Waals surface area contributed by atoms with Gasteiger partial charge in [-0.2, -0.15) is 0 Å². The number of hydrogen-bond acceptors (Lipinski definition) is 4. The van der Waals surface area contributed by atoms with E-state index in [2.05, 4.69) is 17.6 Å². The molecule has 2 aromatic carbocycles. The van der Waals surface area contributed by atoms with Crippen molar-refractivity contribution in [2.75, 3.05) is 17.7 Å². The van der Waals surface area contributed by atoms with Gasteiger partial charge >= 0.3 is 0 Å². The highest BCUT2D eigenvalue weighted by molar-refractivity contribution is 8.00. The Morgan fingerprint density at radius 1 is 1.17 bits per heavy atom. The minimum absolute atomic E-state index is 0.0206. The Bertz CT molecular complexity index is 856. The number of ether oxygens (including phenoxy) is 1. The van der Waals surface area contributed by atoms with Crippen LogP contribution in [0.25, 0.3) is 0 Å². The maximum absolute atomic E-state index is 12.6. The van der Waals surface area contributed by atoms with Gasteiger partial charge in [0.15, 0.2) is 0 Å². The number of amides is 2. The van der Waals surface area contributed by atoms with Crippen LogP contribution in [-0.4, -0.2) is 24.2 Å². The molecule has 2 aromatic rings. The van der Waals surface area contributed by atoms with E-state index in [0.29, 0.717) is 22.9 Å². The van der Waals surface area contributed by atoms with Crippen molar-refractivity contribution in [1.82, 2.24) is 0 Å². The standard InChI is InChI=1S/C22H27ClN2O3S/c1-5-6-7-21(26)24-16-8-10-17(11-9-16)29-15(3)22(27)25-19-12-14(2)18(23)13-20(19)28-4/h8-13,15H,5-7H2,1-4H3,(H,24,26)(H,25,27). The van der Waals surface area contributed by atoms with Crippen LogP contribution in [-0.2, 0) is 9.59 Å². The van der Waals surface area contributed by atoms with E-state index in [4.69, 9.17) is 16.3 Å². The van der Waals surface area contributed by atoms with E-state index in [0.717, 1.165) is 29.0 Å². The number of anilines is 2. The number of methoxy groups -OCH3 is 1. The molecule has 0 saturated heterocycles. The fraction of sp³-hybridized carbons (Fsp3) is 0.364. The lowest BCUT2D eigenvalue weighted by atomic mass is 10.2. The number of rotatable bonds is 9. The van der Waals surface area contributed by atoms with Gasteiger partial charge in [0.1, 0.15) is 5.75 Å². The van der Waals surface area contributed by atoms with Crippen LogP contribution in [0.3, 0.4) is 0 Å². The first kappa shape index (κ1) is 23.1. The highest BCUT2D eigenvalue weighted by atomic mass is 35.5. The topological polar surface area (TPSA) is 67.4 Å². The van der Waals surface area contributed by atoms with Gasteiger partial charge < -0.3 is 15.4 Å². The number of carbonyl (C=O) groups excluding carboxylic acids is 2. The molecule has 0 radical (unpaired) electrons. The molecule has 0 bridgehead atoms. The van der Waals surface area contributed by atoms with Gasteiger partial charge in [-0.25, -0.2) is 0 Å². The molecule has 7 heteroatoms. The molecule has 2 N–H and O–H groups in total. The summed E-state index contributed by atoms with van der Waals surface area (Å²) in [4.78, 5) is 25.4. The van der Waals surface area contributed by atoms with E-state index < -0.39 is 0 Å². The van der Waals surface area contributed by atoms with Crippen LogP contribution in [0, 0.1) is 6.92 Å². The number of unbranched alkanes of at least 4 members (excludes halogenated alkanes) is 1. The van der Waals surface area contributed by atoms with E-state index in [1.807, 2.05) is 38.1 Å². The number of aryl methyl sites for hydroxylation is 1. The summed E-state index contributed by atoms with van der Waals surface area (Å²) < 4.78 is 5.31. The van der Waals surface area contributed by atoms with Gasteiger partial charge in [-0.3, -0.25) is 9.59 Å². The fourth-order valence-corrected chi connectivity index (χ4v) is 3.62. The van der Waals surface area contributed by atoms with Crippen molar-refractivity contribution in [3.05, 3.63) is 47.0 Å². The zero-order valence-corrected chi connectivity index (χ0v) is 18.7. The van der Waals surface area contributed by atoms with Gasteiger partial charge in [-0.1, -0.05) is 24.9 Å². The molecule has 0 spiro atoms. The molecule has 0 aliphatic carbocycles. The second-order valence-corrected chi connectivity index (χ2v) is 8.55. The van der Waals surface area contributed by atoms with Crippen LogP contribution < -0.4 is 15.4 Å². The molecule has 0 fully saturated rings. The zero-order valence-electron chi connectivity index (χ0n) is 17.2. The normalized spacial score (nSPS) is 11.6. The maximum atomic E-state index is 12.6. The van der Waals surface area contributed by atoms with Crippen LogP contribution in [0.1, 0.15) is 38.7 Å². The summed E-state index contributed by atoms with van der Waals surface area (Å²) in [7, 11) is 1.54. The largest absolute Gasteiger partial charge is 0.495 e. The van der Waals surface area contributed by atoms with Crippen LogP contribution in [0.2, 0.25) is 5.02 Å². The Morgan fingerprint density at radius 2 is 1.86 bits per heavy atom. The lowest BCUT2D eigenvalue weighted by Gasteiger charge is -2.15. The van der Waals surface area contributed by atoms with Gasteiger partial charge in [0.25, 0.3) is 0 Å². The third-order valence-corrected chi connectivity index (χ3v) is 5.84. The summed E-state index contributed by atoms with van der Waals surface area (Å²) in [6.45, 7) is 5.77. The molecule has 2 amide bonds. The van der Waals surface area contributed by atoms with Crippen LogP contribution in [0.4, 0.5) is 11.4 Å². The Balaban J connectivity index is 1.96. The van der Waals surface area contributed by atoms with E-state index in [-0.39, 0.29) is 17.1 Å². The molecule has 0 aliphatic rings. The average molecular weight is 435 g/mol. The summed E-state index contributed by atoms with van der Waals surface area (Å²) in [5, 5.41) is 6.06. The number of nitrogens with one attached hydrogen (secondary N) is 2. The monoisotopic (exact) mass is 434 g/mol. The number of carbonyl (C=O) groups is 2. The maximum Gasteiger partial charge on any atom is 0.237 e. The van der Waals surface area contributed by atoms with Gasteiger partial charge in [-0.15, -0.1) is 11.8 Å². The third-order valence-electron chi connectivity index (χ3n) is 4.32. The van der Waals surface area contributed by atoms with Gasteiger partial charge in [0.2, 0.25) is 11.8 Å². The van der Waals surface area contributed by atoms with Crippen molar-refractivity contribution in [1.29, 1.82) is 0 Å². The van der Waals surface area contributed by atoms with Crippen LogP contribution in [0.5, 0.6) is 5.75 Å². The second kappa shape index (κ2) is 11.1. The summed E-state index contributed by atoms with van der Waals surface area (Å²) >= 11 is 7.56. The smallest absolute Gasteiger partial charge is 0.237 e. The Kier molecular flexibility index (Phi) is 8.86. The SMILES string of the molecule is CCCCC(=O)Nc1ccc(SC(C)C(=O)Nc2cc(C)c(Cl)cc2OC)cc1. The fourth-order valence-electron chi connectivity index (χ4n) is 2.60. The predicted molar refractivity (Wildman–Crippen MR) is 121 cm³/mol. The molecule has 0 saturated carbocycles. The molecule has 1 atom stereocenters. The quantitative estimate of drug-likeness (QED) is 0.482. The van der Waals surface area contributed by atoms with Crippen molar-refractivity contribution in [2.45, 2.75) is 50.2 Å². The molecule has 0 aliphatic heterocycles. The predicted octanol–water partition coefficient (Wildman–Crippen LogP) is 5.91. The molecule has 2 rings (SSSR count). The van der Waals surface area contributed by atoms with Gasteiger partial charge in [-0.05, 0) is 56.2 Å². The number of halogens is 1. The van der Waals surface area contributed by atoms with Crippen molar-refractivity contribution in [3.8, 4) is 5.75 Å². The van der Waals surface area contributed by atoms with Crippen LogP contribution >= 0.6 is 23.4 Å². The highest BCUT2D eigenvalue weighted by Crippen LogP contribution is 2.32. The Labute approximate surface area is 181 Å². The van der Waals surface area contributed by atoms with Crippen molar-refractivity contribution in [2.24, 2.45) is 0 Å². The molecule has 156 valence electrons. The molecular formula is C22H27ClN2O3S. The van der Waals surface area contributed by atoms with Crippen molar-refractivity contribution in [3.63, 3.8) is 0 Å². The highest BCUT2D eigenvalue weighted by Gasteiger charge is 2.17. The van der Waals surface area contributed by atoms with E-state index in [1.54, 1.807) is 12.1 Å². The molecular weight excluding hydrogens is 408 g/mol. The first-order valence-corrected chi connectivity index (χ1v) is 10.8.